The zero-order valence-corrected chi connectivity index (χ0v) is 22.5. The van der Waals surface area contributed by atoms with Crippen LogP contribution >= 0.6 is 0 Å². The molecule has 2 aromatic carbocycles. The topological polar surface area (TPSA) is 57.7 Å². The van der Waals surface area contributed by atoms with Gasteiger partial charge in [-0.15, -0.1) is 0 Å². The van der Waals surface area contributed by atoms with Crippen LogP contribution in [0.15, 0.2) is 66.9 Å². The zero-order chi connectivity index (χ0) is 28.1. The Hall–Kier alpha value is -3.39. The normalized spacial score (nSPS) is 12.2. The van der Waals surface area contributed by atoms with E-state index >= 15 is 0 Å². The van der Waals surface area contributed by atoms with Gasteiger partial charge in [-0.2, -0.15) is 13.2 Å². The molecule has 0 fully saturated rings. The van der Waals surface area contributed by atoms with Gasteiger partial charge < -0.3 is 14.2 Å². The molecular weight excluding hydrogens is 507 g/mol. The molecule has 0 saturated carbocycles. The maximum absolute atomic E-state index is 13.2. The lowest BCUT2D eigenvalue weighted by Gasteiger charge is -2.19. The highest BCUT2D eigenvalue weighted by Crippen LogP contribution is 2.28. The monoisotopic (exact) mass is 543 g/mol. The molecule has 5 nitrogen and oxygen atoms in total. The average Bonchev–Trinajstić information content (AvgIpc) is 2.93. The maximum atomic E-state index is 13.2. The van der Waals surface area contributed by atoms with Crippen LogP contribution in [0.4, 0.5) is 13.2 Å². The molecule has 0 aliphatic carbocycles. The Balaban J connectivity index is 1.55. The van der Waals surface area contributed by atoms with Gasteiger partial charge in [-0.25, -0.2) is 4.79 Å². The van der Waals surface area contributed by atoms with Crippen molar-refractivity contribution in [2.45, 2.75) is 71.1 Å². The number of halogens is 3. The predicted octanol–water partition coefficient (Wildman–Crippen LogP) is 8.42. The van der Waals surface area contributed by atoms with Crippen LogP contribution in [0.2, 0.25) is 0 Å². The van der Waals surface area contributed by atoms with Crippen molar-refractivity contribution in [3.63, 3.8) is 0 Å². The van der Waals surface area contributed by atoms with Crippen LogP contribution in [-0.4, -0.2) is 36.4 Å². The molecule has 1 heterocycles. The van der Waals surface area contributed by atoms with Gasteiger partial charge in [0.2, 0.25) is 0 Å². The van der Waals surface area contributed by atoms with Gasteiger partial charge in [0.25, 0.3) is 6.10 Å². The number of alkyl halides is 3. The molecule has 3 aromatic rings. The van der Waals surface area contributed by atoms with Crippen molar-refractivity contribution in [1.82, 2.24) is 4.98 Å². The van der Waals surface area contributed by atoms with Crippen molar-refractivity contribution in [2.24, 2.45) is 0 Å². The Morgan fingerprint density at radius 3 is 1.97 bits per heavy atom. The summed E-state index contributed by atoms with van der Waals surface area (Å²) in [7, 11) is 0. The number of aromatic nitrogens is 1. The average molecular weight is 544 g/mol. The van der Waals surface area contributed by atoms with E-state index in [0.717, 1.165) is 34.6 Å². The Morgan fingerprint density at radius 1 is 0.744 bits per heavy atom. The zero-order valence-electron chi connectivity index (χ0n) is 22.5. The number of pyridine rings is 1. The van der Waals surface area contributed by atoms with Crippen molar-refractivity contribution in [2.75, 3.05) is 13.2 Å². The predicted molar refractivity (Wildman–Crippen MR) is 146 cm³/mol. The summed E-state index contributed by atoms with van der Waals surface area (Å²) >= 11 is 0. The molecule has 0 aliphatic heterocycles. The largest absolute Gasteiger partial charge is 0.494 e. The van der Waals surface area contributed by atoms with E-state index in [4.69, 9.17) is 14.2 Å². The Labute approximate surface area is 228 Å². The summed E-state index contributed by atoms with van der Waals surface area (Å²) in [4.78, 5) is 16.7. The quantitative estimate of drug-likeness (QED) is 0.109. The first-order valence-electron chi connectivity index (χ1n) is 13.5. The van der Waals surface area contributed by atoms with Crippen LogP contribution in [0, 0.1) is 0 Å². The van der Waals surface area contributed by atoms with Gasteiger partial charge in [-0.3, -0.25) is 4.98 Å². The molecule has 0 aliphatic rings. The first-order chi connectivity index (χ1) is 18.8. The number of nitrogens with zero attached hydrogens (tertiary/aromatic N) is 1. The van der Waals surface area contributed by atoms with Crippen molar-refractivity contribution in [1.29, 1.82) is 0 Å². The molecule has 0 amide bonds. The highest BCUT2D eigenvalue weighted by molar-refractivity contribution is 5.78. The number of rotatable bonds is 15. The molecule has 1 atom stereocenters. The van der Waals surface area contributed by atoms with E-state index in [0.29, 0.717) is 19.4 Å². The number of carbonyl (C=O) groups excluding carboxylic acids is 1. The van der Waals surface area contributed by atoms with Gasteiger partial charge in [0, 0.05) is 23.9 Å². The minimum Gasteiger partial charge on any atom is -0.494 e. The van der Waals surface area contributed by atoms with Crippen LogP contribution < -0.4 is 9.47 Å². The van der Waals surface area contributed by atoms with Crippen molar-refractivity contribution < 1.29 is 32.2 Å². The smallest absolute Gasteiger partial charge is 0.425 e. The molecule has 0 N–H and O–H groups in total. The lowest BCUT2D eigenvalue weighted by atomic mass is 10.1. The number of hydrogen-bond donors (Lipinski definition) is 0. The van der Waals surface area contributed by atoms with Crippen LogP contribution in [-0.2, 0) is 9.53 Å². The Morgan fingerprint density at radius 2 is 1.36 bits per heavy atom. The maximum Gasteiger partial charge on any atom is 0.425 e. The van der Waals surface area contributed by atoms with Gasteiger partial charge in [0.15, 0.2) is 0 Å². The van der Waals surface area contributed by atoms with Gasteiger partial charge in [-0.05, 0) is 60.9 Å². The van der Waals surface area contributed by atoms with Crippen LogP contribution in [0.3, 0.4) is 0 Å². The summed E-state index contributed by atoms with van der Waals surface area (Å²) in [5.41, 5.74) is 3.36. The van der Waals surface area contributed by atoms with Gasteiger partial charge in [0.05, 0.1) is 12.3 Å². The number of ether oxygens (including phenoxy) is 3. The van der Waals surface area contributed by atoms with Gasteiger partial charge >= 0.3 is 12.1 Å². The third kappa shape index (κ3) is 9.70. The second-order valence-electron chi connectivity index (χ2n) is 9.31. The third-order valence-corrected chi connectivity index (χ3v) is 6.13. The second-order valence-corrected chi connectivity index (χ2v) is 9.31. The van der Waals surface area contributed by atoms with Crippen molar-refractivity contribution >= 4 is 5.97 Å². The van der Waals surface area contributed by atoms with E-state index < -0.39 is 18.2 Å². The summed E-state index contributed by atoms with van der Waals surface area (Å²) in [6, 6.07) is 17.8. The molecule has 8 heteroatoms. The molecule has 210 valence electrons. The van der Waals surface area contributed by atoms with Crippen LogP contribution in [0.25, 0.3) is 22.4 Å². The standard InChI is InChI=1S/C31H36F3NO4/c1-3-5-7-8-9-21-37-26-15-12-24(13-16-26)28-19-14-25(22-35-28)23-10-17-27(18-11-23)39-30(36)29(31(32,33)34)38-20-6-4-2/h10-19,22,29H,3-9,20-21H2,1-2H3. The Bertz CT molecular complexity index is 1130. The summed E-state index contributed by atoms with van der Waals surface area (Å²) in [5.74, 6) is -0.647. The number of carbonyl (C=O) groups is 1. The van der Waals surface area contributed by atoms with E-state index in [-0.39, 0.29) is 12.4 Å². The third-order valence-electron chi connectivity index (χ3n) is 6.13. The van der Waals surface area contributed by atoms with E-state index in [2.05, 4.69) is 11.9 Å². The highest BCUT2D eigenvalue weighted by atomic mass is 19.4. The first kappa shape index (κ1) is 30.2. The summed E-state index contributed by atoms with van der Waals surface area (Å²) in [6.45, 7) is 4.56. The summed E-state index contributed by atoms with van der Waals surface area (Å²) in [5, 5.41) is 0. The molecule has 1 unspecified atom stereocenters. The van der Waals surface area contributed by atoms with E-state index in [1.54, 1.807) is 18.3 Å². The van der Waals surface area contributed by atoms with Crippen LogP contribution in [0.1, 0.15) is 58.8 Å². The second kappa shape index (κ2) is 15.3. The van der Waals surface area contributed by atoms with Crippen molar-refractivity contribution in [3.8, 4) is 33.9 Å². The van der Waals surface area contributed by atoms with E-state index in [1.165, 1.54) is 37.8 Å². The number of esters is 1. The number of benzene rings is 2. The molecule has 0 saturated heterocycles. The molecular formula is C31H36F3NO4. The van der Waals surface area contributed by atoms with E-state index in [9.17, 15) is 18.0 Å². The summed E-state index contributed by atoms with van der Waals surface area (Å²) < 4.78 is 55.2. The fraction of sp³-hybridized carbons (Fsp3) is 0.419. The SMILES string of the molecule is CCCCCCCOc1ccc(-c2ccc(-c3ccc(OC(=O)C(OCCCC)C(F)(F)F)cc3)cn2)cc1. The van der Waals surface area contributed by atoms with Crippen LogP contribution in [0.5, 0.6) is 11.5 Å². The molecule has 0 radical (unpaired) electrons. The van der Waals surface area contributed by atoms with E-state index in [1.807, 2.05) is 43.3 Å². The minimum atomic E-state index is -4.85. The number of unbranched alkanes of at least 4 members (excludes halogenated alkanes) is 5. The van der Waals surface area contributed by atoms with Gasteiger partial charge in [0.1, 0.15) is 11.5 Å². The fourth-order valence-electron chi connectivity index (χ4n) is 3.88. The molecule has 1 aromatic heterocycles. The number of hydrogen-bond acceptors (Lipinski definition) is 5. The minimum absolute atomic E-state index is 0.00457. The molecule has 3 rings (SSSR count). The molecule has 0 spiro atoms. The Kier molecular flexibility index (Phi) is 11.8. The first-order valence-corrected chi connectivity index (χ1v) is 13.5. The van der Waals surface area contributed by atoms with Crippen molar-refractivity contribution in [3.05, 3.63) is 66.9 Å². The lowest BCUT2D eigenvalue weighted by Crippen LogP contribution is -2.41. The molecule has 39 heavy (non-hydrogen) atoms. The molecule has 0 bridgehead atoms. The highest BCUT2D eigenvalue weighted by Gasteiger charge is 2.47. The fourth-order valence-corrected chi connectivity index (χ4v) is 3.88. The lowest BCUT2D eigenvalue weighted by molar-refractivity contribution is -0.225. The summed E-state index contributed by atoms with van der Waals surface area (Å²) in [6.07, 6.45) is 1.30. The van der Waals surface area contributed by atoms with Gasteiger partial charge in [-0.1, -0.05) is 64.2 Å².